The highest BCUT2D eigenvalue weighted by molar-refractivity contribution is 7.85. The lowest BCUT2D eigenvalue weighted by atomic mass is 10.0. The highest BCUT2D eigenvalue weighted by Crippen LogP contribution is 2.48. The van der Waals surface area contributed by atoms with E-state index in [2.05, 4.69) is 21.3 Å². The van der Waals surface area contributed by atoms with Crippen LogP contribution in [0.25, 0.3) is 0 Å². The number of rotatable bonds is 12. The quantitative estimate of drug-likeness (QED) is 0.208. The molecule has 60 heavy (non-hydrogen) atoms. The molecule has 19 heteroatoms. The van der Waals surface area contributed by atoms with Crippen molar-refractivity contribution in [2.24, 2.45) is 5.92 Å². The van der Waals surface area contributed by atoms with E-state index >= 15 is 0 Å². The minimum Gasteiger partial charge on any atom is -0.391 e. The van der Waals surface area contributed by atoms with Gasteiger partial charge < -0.3 is 41.1 Å². The van der Waals surface area contributed by atoms with Gasteiger partial charge in [0.25, 0.3) is 0 Å². The van der Waals surface area contributed by atoms with Crippen LogP contribution in [0, 0.1) is 18.7 Å². The second-order valence-corrected chi connectivity index (χ2v) is 18.4. The maximum absolute atomic E-state index is 14.5. The number of Topliss-reactive ketones (excluding diaryl/α,β-unsaturated/α-hetero) is 1. The number of nitrogens with one attached hydrogen (secondary N) is 4. The second kappa shape index (κ2) is 18.4. The number of hydrogen-bond donors (Lipinski definition) is 5. The van der Waals surface area contributed by atoms with Crippen molar-refractivity contribution in [3.05, 3.63) is 64.4 Å². The molecule has 7 amide bonds. The predicted molar refractivity (Wildman–Crippen MR) is 219 cm³/mol. The minimum absolute atomic E-state index is 0.0135. The van der Waals surface area contributed by atoms with Crippen molar-refractivity contribution in [3.63, 3.8) is 0 Å². The highest BCUT2D eigenvalue weighted by atomic mass is 35.5. The van der Waals surface area contributed by atoms with E-state index in [1.54, 1.807) is 18.2 Å². The Hall–Kier alpha value is -4.94. The molecule has 9 atom stereocenters. The Kier molecular flexibility index (Phi) is 13.6. The summed E-state index contributed by atoms with van der Waals surface area (Å²) in [6.07, 6.45) is -0.0785. The van der Waals surface area contributed by atoms with Crippen molar-refractivity contribution < 1.29 is 47.3 Å². The summed E-state index contributed by atoms with van der Waals surface area (Å²) in [4.78, 5) is 99.2. The van der Waals surface area contributed by atoms with Gasteiger partial charge in [-0.15, -0.1) is 0 Å². The highest BCUT2D eigenvalue weighted by Gasteiger charge is 2.63. The van der Waals surface area contributed by atoms with E-state index in [1.807, 2.05) is 19.9 Å². The molecule has 3 aliphatic heterocycles. The Morgan fingerprint density at radius 2 is 1.73 bits per heavy atom. The molecule has 0 aromatic heterocycles. The molecule has 2 aromatic carbocycles. The Labute approximate surface area is 354 Å². The second-order valence-electron chi connectivity index (χ2n) is 16.4. The third-order valence-electron chi connectivity index (χ3n) is 11.6. The number of ketones is 1. The van der Waals surface area contributed by atoms with Crippen LogP contribution in [0.1, 0.15) is 57.6 Å². The number of amides is 7. The van der Waals surface area contributed by atoms with Gasteiger partial charge in [0.05, 0.1) is 17.5 Å². The van der Waals surface area contributed by atoms with Crippen molar-refractivity contribution >= 4 is 69.4 Å². The van der Waals surface area contributed by atoms with Crippen molar-refractivity contribution in [3.8, 4) is 0 Å². The minimum atomic E-state index is -1.57. The molecule has 4 fully saturated rings. The summed E-state index contributed by atoms with van der Waals surface area (Å²) in [6.45, 7) is 7.01. The van der Waals surface area contributed by atoms with Crippen molar-refractivity contribution in [2.75, 3.05) is 36.5 Å². The molecule has 4 aliphatic rings. The number of halogens is 2. The van der Waals surface area contributed by atoms with Gasteiger partial charge in [0, 0.05) is 54.1 Å². The fraction of sp³-hybridized carbons (Fsp3) is 0.537. The molecule has 0 unspecified atom stereocenters. The van der Waals surface area contributed by atoms with E-state index in [4.69, 9.17) is 11.6 Å². The summed E-state index contributed by atoms with van der Waals surface area (Å²) in [7, 11) is -1.46. The van der Waals surface area contributed by atoms with Crippen LogP contribution in [-0.2, 0) is 46.0 Å². The lowest BCUT2D eigenvalue weighted by molar-refractivity contribution is -0.150. The lowest BCUT2D eigenvalue weighted by Crippen LogP contribution is -2.63. The predicted octanol–water partition coefficient (Wildman–Crippen LogP) is 1.42. The Morgan fingerprint density at radius 1 is 1.00 bits per heavy atom. The van der Waals surface area contributed by atoms with E-state index in [-0.39, 0.29) is 66.3 Å². The number of anilines is 1. The monoisotopic (exact) mass is 871 g/mol. The first kappa shape index (κ1) is 44.6. The zero-order valence-corrected chi connectivity index (χ0v) is 35.4. The smallest absolute Gasteiger partial charge is 0.319 e. The third kappa shape index (κ3) is 9.81. The van der Waals surface area contributed by atoms with Gasteiger partial charge in [-0.25, -0.2) is 9.18 Å². The van der Waals surface area contributed by atoms with Gasteiger partial charge in [-0.3, -0.25) is 33.0 Å². The van der Waals surface area contributed by atoms with Crippen molar-refractivity contribution in [1.29, 1.82) is 0 Å². The summed E-state index contributed by atoms with van der Waals surface area (Å²) < 4.78 is 27.3. The topological polar surface area (TPSA) is 215 Å². The molecule has 3 heterocycles. The number of likely N-dealkylation sites (tertiary alicyclic amines) is 2. The van der Waals surface area contributed by atoms with Gasteiger partial charge in [-0.05, 0) is 69.7 Å². The largest absolute Gasteiger partial charge is 0.391 e. The van der Waals surface area contributed by atoms with E-state index in [0.717, 1.165) is 11.6 Å². The van der Waals surface area contributed by atoms with Crippen LogP contribution < -0.4 is 21.3 Å². The number of aliphatic hydroxyl groups is 1. The van der Waals surface area contributed by atoms with Crippen LogP contribution in [0.15, 0.2) is 42.5 Å². The van der Waals surface area contributed by atoms with Gasteiger partial charge in [0.2, 0.25) is 29.5 Å². The maximum Gasteiger partial charge on any atom is 0.319 e. The molecule has 1 spiro atoms. The summed E-state index contributed by atoms with van der Waals surface area (Å²) in [5, 5.41) is 21.1. The van der Waals surface area contributed by atoms with Crippen molar-refractivity contribution in [2.45, 2.75) is 102 Å². The molecule has 1 saturated carbocycles. The lowest BCUT2D eigenvalue weighted by Gasteiger charge is -2.39. The third-order valence-corrected chi connectivity index (χ3v) is 13.2. The van der Waals surface area contributed by atoms with E-state index in [0.29, 0.717) is 24.9 Å². The molecule has 0 radical (unpaired) electrons. The molecule has 16 nitrogen and oxygen atoms in total. The van der Waals surface area contributed by atoms with Crippen LogP contribution in [0.2, 0.25) is 5.02 Å². The fourth-order valence-corrected chi connectivity index (χ4v) is 9.88. The van der Waals surface area contributed by atoms with Crippen LogP contribution in [0.3, 0.4) is 0 Å². The molecule has 5 N–H and O–H groups in total. The maximum atomic E-state index is 14.5. The molecule has 3 saturated heterocycles. The summed E-state index contributed by atoms with van der Waals surface area (Å²) in [5.74, 6) is -4.13. The first-order valence-electron chi connectivity index (χ1n) is 20.1. The van der Waals surface area contributed by atoms with Gasteiger partial charge in [0.15, 0.2) is 5.78 Å². The Morgan fingerprint density at radius 3 is 2.40 bits per heavy atom. The van der Waals surface area contributed by atoms with Gasteiger partial charge in [-0.2, -0.15) is 0 Å². The number of benzene rings is 2. The number of nitrogens with zero attached hydrogens (tertiary/aromatic N) is 3. The standard InChI is InChI=1S/C41H51ClFN7O9S/c1-22-7-5-8-26(15-22)16-30(46-40(58)45-29-11-10-27(42)17-28(29)43)35(53)47-34(25(4)51)39(57)48-12-6-9-31(48)38(56)49-13-14-60(59)21-32(49)36(54)44-24(3)37(55)50-20-23(2)18-41(50)19-33(41)52/h5,7-8,10-11,15,17,23-25,30-32,34,51H,6,9,12-14,16,18-21H2,1-4H3,(H,44,54)(H,47,53)(H2,45,46,58)/t23-,24+,25+,30+,31+,32+,34+,41+,60-/m1/s1. The molecule has 6 rings (SSSR count). The summed E-state index contributed by atoms with van der Waals surface area (Å²) >= 11 is 5.84. The normalized spacial score (nSPS) is 25.6. The van der Waals surface area contributed by atoms with Gasteiger partial charge >= 0.3 is 6.03 Å². The van der Waals surface area contributed by atoms with E-state index < -0.39 is 94.0 Å². The van der Waals surface area contributed by atoms with E-state index in [9.17, 15) is 47.3 Å². The van der Waals surface area contributed by atoms with Crippen molar-refractivity contribution in [1.82, 2.24) is 30.7 Å². The molecular weight excluding hydrogens is 821 g/mol. The number of carbonyl (C=O) groups excluding carboxylic acids is 7. The fourth-order valence-electron chi connectivity index (χ4n) is 8.47. The summed E-state index contributed by atoms with van der Waals surface area (Å²) in [5.41, 5.74) is 0.518. The zero-order valence-electron chi connectivity index (χ0n) is 33.9. The number of hydrogen-bond acceptors (Lipinski definition) is 9. The molecule has 0 bridgehead atoms. The van der Waals surface area contributed by atoms with Gasteiger partial charge in [-0.1, -0.05) is 48.4 Å². The number of carbonyl (C=O) groups is 7. The van der Waals surface area contributed by atoms with Gasteiger partial charge in [0.1, 0.15) is 41.6 Å². The molecule has 2 aromatic rings. The Balaban J connectivity index is 1.15. The number of aliphatic hydroxyl groups excluding tert-OH is 1. The number of urea groups is 1. The van der Waals surface area contributed by atoms with Crippen LogP contribution in [0.4, 0.5) is 14.9 Å². The average Bonchev–Trinajstić information content (AvgIpc) is 3.46. The first-order valence-corrected chi connectivity index (χ1v) is 21.9. The van der Waals surface area contributed by atoms with Crippen LogP contribution >= 0.6 is 11.6 Å². The first-order chi connectivity index (χ1) is 28.4. The zero-order chi connectivity index (χ0) is 43.6. The summed E-state index contributed by atoms with van der Waals surface area (Å²) in [6, 6.07) is 3.64. The molecule has 1 aliphatic carbocycles. The molecule has 324 valence electrons. The average molecular weight is 872 g/mol. The SMILES string of the molecule is Cc1cccc(C[C@H](NC(=O)Nc2ccc(Cl)cc2F)C(=O)N[C@H](C(=O)N2CCC[C@H]2C(=O)N2CC[S@@](=O)C[C@H]2C(=O)N[C@@H](C)C(=O)N2C[C@H](C)C[C@@]23CC3=O)[C@H](C)O)c1. The van der Waals surface area contributed by atoms with Crippen LogP contribution in [0.5, 0.6) is 0 Å². The van der Waals surface area contributed by atoms with Crippen LogP contribution in [-0.4, -0.2) is 138 Å². The number of aryl methyl sites for hydroxylation is 1. The molecular formula is C41H51ClFN7O9S. The van der Waals surface area contributed by atoms with E-state index in [1.165, 1.54) is 40.7 Å². The Bertz CT molecular complexity index is 2090.